The van der Waals surface area contributed by atoms with E-state index in [1.54, 1.807) is 17.4 Å². The maximum Gasteiger partial charge on any atom is 0.259 e. The number of benzene rings is 3. The zero-order valence-corrected chi connectivity index (χ0v) is 20.0. The molecular weight excluding hydrogens is 472 g/mol. The second kappa shape index (κ2) is 9.20. The fraction of sp³-hybridized carbons (Fsp3) is 0.200. The molecule has 0 aliphatic carbocycles. The number of hydrogen-bond acceptors (Lipinski definition) is 4. The van der Waals surface area contributed by atoms with Crippen molar-refractivity contribution < 1.29 is 9.53 Å². The Bertz CT molecular complexity index is 1230. The van der Waals surface area contributed by atoms with Crippen molar-refractivity contribution in [2.75, 3.05) is 11.9 Å². The molecule has 0 aliphatic rings. The van der Waals surface area contributed by atoms with Crippen molar-refractivity contribution in [3.8, 4) is 16.3 Å². The lowest BCUT2D eigenvalue weighted by Gasteiger charge is -2.14. The molecule has 0 saturated carbocycles. The molecule has 0 bridgehead atoms. The first-order valence-corrected chi connectivity index (χ1v) is 11.7. The molecule has 3 aromatic carbocycles. The van der Waals surface area contributed by atoms with Crippen molar-refractivity contribution in [1.29, 1.82) is 0 Å². The summed E-state index contributed by atoms with van der Waals surface area (Å²) in [4.78, 5) is 17.6. The molecule has 0 spiro atoms. The SMILES string of the molecule is Cc1ccc2nc(-c3ccc(NC(=O)c4cc(Br)ccc4OCC(C)C)cc3)sc2c1. The monoisotopic (exact) mass is 494 g/mol. The minimum absolute atomic E-state index is 0.205. The van der Waals surface area contributed by atoms with Gasteiger partial charge in [-0.15, -0.1) is 11.3 Å². The van der Waals surface area contributed by atoms with Crippen LogP contribution in [0.15, 0.2) is 65.1 Å². The van der Waals surface area contributed by atoms with Gasteiger partial charge in [0.1, 0.15) is 10.8 Å². The molecule has 6 heteroatoms. The third-order valence-electron chi connectivity index (χ3n) is 4.69. The maximum atomic E-state index is 12.9. The predicted molar refractivity (Wildman–Crippen MR) is 132 cm³/mol. The molecule has 0 unspecified atom stereocenters. The summed E-state index contributed by atoms with van der Waals surface area (Å²) in [7, 11) is 0. The van der Waals surface area contributed by atoms with Crippen LogP contribution in [0.2, 0.25) is 0 Å². The summed E-state index contributed by atoms with van der Waals surface area (Å²) in [5.74, 6) is 0.748. The Morgan fingerprint density at radius 1 is 1.10 bits per heavy atom. The van der Waals surface area contributed by atoms with Gasteiger partial charge in [0.25, 0.3) is 5.91 Å². The third kappa shape index (κ3) is 5.14. The van der Waals surface area contributed by atoms with Gasteiger partial charge in [-0.2, -0.15) is 0 Å². The van der Waals surface area contributed by atoms with Gasteiger partial charge in [-0.05, 0) is 73.0 Å². The highest BCUT2D eigenvalue weighted by Crippen LogP contribution is 2.31. The van der Waals surface area contributed by atoms with Crippen LogP contribution in [0.1, 0.15) is 29.8 Å². The van der Waals surface area contributed by atoms with E-state index in [1.165, 1.54) is 10.3 Å². The van der Waals surface area contributed by atoms with Gasteiger partial charge >= 0.3 is 0 Å². The smallest absolute Gasteiger partial charge is 0.259 e. The number of nitrogens with zero attached hydrogens (tertiary/aromatic N) is 1. The summed E-state index contributed by atoms with van der Waals surface area (Å²) in [6.07, 6.45) is 0. The number of amides is 1. The Morgan fingerprint density at radius 2 is 1.87 bits per heavy atom. The molecule has 0 aliphatic heterocycles. The molecule has 1 aromatic heterocycles. The van der Waals surface area contributed by atoms with Crippen molar-refractivity contribution in [3.63, 3.8) is 0 Å². The summed E-state index contributed by atoms with van der Waals surface area (Å²) < 4.78 is 7.84. The molecule has 31 heavy (non-hydrogen) atoms. The molecule has 0 atom stereocenters. The molecule has 1 amide bonds. The van der Waals surface area contributed by atoms with Crippen LogP contribution in [0.5, 0.6) is 5.75 Å². The third-order valence-corrected chi connectivity index (χ3v) is 6.25. The zero-order chi connectivity index (χ0) is 22.0. The Labute approximate surface area is 194 Å². The molecular formula is C25H23BrN2O2S. The van der Waals surface area contributed by atoms with Gasteiger partial charge in [0.15, 0.2) is 0 Å². The molecule has 0 fully saturated rings. The fourth-order valence-corrected chi connectivity index (χ4v) is 4.54. The normalized spacial score (nSPS) is 11.1. The van der Waals surface area contributed by atoms with Crippen LogP contribution in [0.25, 0.3) is 20.8 Å². The summed E-state index contributed by atoms with van der Waals surface area (Å²) in [5.41, 5.74) is 4.48. The average molecular weight is 495 g/mol. The highest BCUT2D eigenvalue weighted by atomic mass is 79.9. The van der Waals surface area contributed by atoms with Crippen LogP contribution in [0.4, 0.5) is 5.69 Å². The average Bonchev–Trinajstić information content (AvgIpc) is 3.16. The summed E-state index contributed by atoms with van der Waals surface area (Å²) in [6.45, 7) is 6.79. The summed E-state index contributed by atoms with van der Waals surface area (Å²) in [5, 5.41) is 3.94. The van der Waals surface area contributed by atoms with E-state index < -0.39 is 0 Å². The van der Waals surface area contributed by atoms with E-state index in [0.29, 0.717) is 23.8 Å². The van der Waals surface area contributed by atoms with E-state index in [0.717, 1.165) is 26.2 Å². The molecule has 0 saturated heterocycles. The molecule has 0 radical (unpaired) electrons. The van der Waals surface area contributed by atoms with Crippen LogP contribution in [-0.2, 0) is 0 Å². The van der Waals surface area contributed by atoms with E-state index >= 15 is 0 Å². The number of rotatable bonds is 6. The van der Waals surface area contributed by atoms with Gasteiger partial charge < -0.3 is 10.1 Å². The molecule has 4 nitrogen and oxygen atoms in total. The molecule has 4 aromatic rings. The largest absolute Gasteiger partial charge is 0.492 e. The first-order chi connectivity index (χ1) is 14.9. The van der Waals surface area contributed by atoms with Crippen molar-refractivity contribution in [2.24, 2.45) is 5.92 Å². The topological polar surface area (TPSA) is 51.2 Å². The van der Waals surface area contributed by atoms with Crippen molar-refractivity contribution in [3.05, 3.63) is 76.3 Å². The van der Waals surface area contributed by atoms with Crippen LogP contribution >= 0.6 is 27.3 Å². The van der Waals surface area contributed by atoms with Gasteiger partial charge in [0.2, 0.25) is 0 Å². The van der Waals surface area contributed by atoms with Crippen molar-refractivity contribution in [2.45, 2.75) is 20.8 Å². The number of fused-ring (bicyclic) bond motifs is 1. The fourth-order valence-electron chi connectivity index (χ4n) is 3.11. The minimum Gasteiger partial charge on any atom is -0.492 e. The number of carbonyl (C=O) groups is 1. The number of anilines is 1. The highest BCUT2D eigenvalue weighted by Gasteiger charge is 2.15. The first-order valence-electron chi connectivity index (χ1n) is 10.1. The Morgan fingerprint density at radius 3 is 2.61 bits per heavy atom. The van der Waals surface area contributed by atoms with E-state index in [9.17, 15) is 4.79 Å². The van der Waals surface area contributed by atoms with Crippen LogP contribution in [-0.4, -0.2) is 17.5 Å². The molecule has 158 valence electrons. The highest BCUT2D eigenvalue weighted by molar-refractivity contribution is 9.10. The van der Waals surface area contributed by atoms with Gasteiger partial charge in [-0.25, -0.2) is 4.98 Å². The maximum absolute atomic E-state index is 12.9. The summed E-state index contributed by atoms with van der Waals surface area (Å²) >= 11 is 5.12. The van der Waals surface area contributed by atoms with E-state index in [-0.39, 0.29) is 5.91 Å². The van der Waals surface area contributed by atoms with E-state index in [2.05, 4.69) is 60.2 Å². The number of aryl methyl sites for hydroxylation is 1. The lowest BCUT2D eigenvalue weighted by Crippen LogP contribution is -2.15. The van der Waals surface area contributed by atoms with Gasteiger partial charge in [0, 0.05) is 15.7 Å². The van der Waals surface area contributed by atoms with Gasteiger partial charge in [0.05, 0.1) is 22.4 Å². The standard InChI is InChI=1S/C25H23BrN2O2S/c1-15(2)14-30-22-11-7-18(26)13-20(22)24(29)27-19-8-5-17(6-9-19)25-28-21-10-4-16(3)12-23(21)31-25/h4-13,15H,14H2,1-3H3,(H,27,29). The molecule has 1 N–H and O–H groups in total. The number of hydrogen-bond donors (Lipinski definition) is 1. The number of ether oxygens (including phenoxy) is 1. The Balaban J connectivity index is 1.52. The quantitative estimate of drug-likeness (QED) is 0.305. The number of aromatic nitrogens is 1. The zero-order valence-electron chi connectivity index (χ0n) is 17.6. The van der Waals surface area contributed by atoms with E-state index in [4.69, 9.17) is 9.72 Å². The number of thiazole rings is 1. The van der Waals surface area contributed by atoms with Crippen molar-refractivity contribution >= 4 is 49.1 Å². The number of nitrogens with one attached hydrogen (secondary N) is 1. The Kier molecular flexibility index (Phi) is 6.39. The Hall–Kier alpha value is -2.70. The van der Waals surface area contributed by atoms with Gasteiger partial charge in [-0.1, -0.05) is 35.8 Å². The van der Waals surface area contributed by atoms with E-state index in [1.807, 2.05) is 36.4 Å². The van der Waals surface area contributed by atoms with Crippen LogP contribution in [0.3, 0.4) is 0 Å². The second-order valence-electron chi connectivity index (χ2n) is 7.87. The number of halogens is 1. The lowest BCUT2D eigenvalue weighted by atomic mass is 10.1. The number of carbonyl (C=O) groups excluding carboxylic acids is 1. The van der Waals surface area contributed by atoms with Crippen molar-refractivity contribution in [1.82, 2.24) is 4.98 Å². The van der Waals surface area contributed by atoms with Gasteiger partial charge in [-0.3, -0.25) is 4.79 Å². The first kappa shape index (κ1) is 21.5. The van der Waals surface area contributed by atoms with Crippen LogP contribution < -0.4 is 10.1 Å². The second-order valence-corrected chi connectivity index (χ2v) is 9.81. The molecule has 1 heterocycles. The molecule has 4 rings (SSSR count). The van der Waals surface area contributed by atoms with Crippen LogP contribution in [0, 0.1) is 12.8 Å². The predicted octanol–water partition coefficient (Wildman–Crippen LogP) is 7.32. The minimum atomic E-state index is -0.205. The summed E-state index contributed by atoms with van der Waals surface area (Å²) in [6, 6.07) is 19.5. The lowest BCUT2D eigenvalue weighted by molar-refractivity contribution is 0.102.